The van der Waals surface area contributed by atoms with E-state index in [0.29, 0.717) is 51.4 Å². The molecule has 18 atom stereocenters. The second-order valence-electron chi connectivity index (χ2n) is 20.6. The molecule has 2 unspecified atom stereocenters. The van der Waals surface area contributed by atoms with E-state index in [2.05, 4.69) is 10.6 Å². The van der Waals surface area contributed by atoms with Gasteiger partial charge in [0.05, 0.1) is 65.0 Å². The summed E-state index contributed by atoms with van der Waals surface area (Å²) in [7, 11) is 0. The molecule has 5 aliphatic heterocycles. The minimum Gasteiger partial charge on any atom is -0.481 e. The first kappa shape index (κ1) is 52.3. The fourth-order valence-corrected chi connectivity index (χ4v) is 11.8. The number of aliphatic carboxylic acids is 1. The van der Waals surface area contributed by atoms with Gasteiger partial charge in [-0.1, -0.05) is 73.6 Å². The van der Waals surface area contributed by atoms with Crippen molar-refractivity contribution in [3.05, 3.63) is 42.0 Å². The number of aliphatic hydroxyl groups excluding tert-OH is 1. The average molecular weight is 937 g/mol. The van der Waals surface area contributed by atoms with E-state index in [1.165, 1.54) is 18.2 Å². The highest BCUT2D eigenvalue weighted by molar-refractivity contribution is 5.90. The van der Waals surface area contributed by atoms with Gasteiger partial charge in [-0.25, -0.2) is 4.79 Å². The number of nitrogens with one attached hydrogen (secondary N) is 2. The Kier molecular flexibility index (Phi) is 15.9. The maximum Gasteiger partial charge on any atom is 0.418 e. The van der Waals surface area contributed by atoms with Crippen LogP contribution in [0, 0.1) is 41.4 Å². The summed E-state index contributed by atoms with van der Waals surface area (Å²) >= 11 is 0. The molecular formula is C50H75F3N2O11. The highest BCUT2D eigenvalue weighted by Crippen LogP contribution is 2.54. The van der Waals surface area contributed by atoms with Crippen LogP contribution in [0.3, 0.4) is 0 Å². The van der Waals surface area contributed by atoms with E-state index in [4.69, 9.17) is 23.7 Å². The molecule has 2 amide bonds. The number of anilines is 1. The van der Waals surface area contributed by atoms with Crippen molar-refractivity contribution in [1.82, 2.24) is 5.32 Å². The van der Waals surface area contributed by atoms with E-state index in [1.54, 1.807) is 19.1 Å². The number of carbonyl (C=O) groups excluding carboxylic acids is 2. The normalized spacial score (nSPS) is 39.5. The van der Waals surface area contributed by atoms with Gasteiger partial charge in [0, 0.05) is 30.1 Å². The van der Waals surface area contributed by atoms with Crippen LogP contribution < -0.4 is 10.6 Å². The number of carbonyl (C=O) groups is 3. The monoisotopic (exact) mass is 937 g/mol. The van der Waals surface area contributed by atoms with E-state index >= 15 is 0 Å². The predicted octanol–water partition coefficient (Wildman–Crippen LogP) is 9.04. The fraction of sp³-hybridized carbons (Fsp3) is 0.780. The SMILES string of the molecule is CCC(C(=O)[C@@H](C)[C@@H](O)[C@H](C)[C@@H]1O[C@@H]([C@@H](CC)C(=O)O)CC[C@@H]1C)[C@H]1O[C@]2(C=CC(NC(=O)Nc3ccccc3C(F)(F)F)[C@]3(CC[C@@](C)([C@H]4CC[C@](O)(CC)[C@H](C)O4)O3)O2)[C@H](C)C[C@@H]1C. The zero-order valence-electron chi connectivity index (χ0n) is 40.4. The van der Waals surface area contributed by atoms with Gasteiger partial charge in [0.25, 0.3) is 0 Å². The van der Waals surface area contributed by atoms with Crippen LogP contribution in [-0.4, -0.2) is 98.5 Å². The smallest absolute Gasteiger partial charge is 0.418 e. The van der Waals surface area contributed by atoms with Gasteiger partial charge in [-0.15, -0.1) is 0 Å². The van der Waals surface area contributed by atoms with Gasteiger partial charge in [0.15, 0.2) is 11.6 Å². The van der Waals surface area contributed by atoms with Gasteiger partial charge in [-0.05, 0) is 102 Å². The van der Waals surface area contributed by atoms with E-state index in [9.17, 15) is 42.9 Å². The molecule has 4 saturated heterocycles. The fourth-order valence-electron chi connectivity index (χ4n) is 11.8. The number of alkyl halides is 3. The van der Waals surface area contributed by atoms with Gasteiger partial charge >= 0.3 is 18.2 Å². The van der Waals surface area contributed by atoms with Crippen LogP contribution in [0.5, 0.6) is 0 Å². The number of ketones is 1. The number of amides is 2. The zero-order valence-corrected chi connectivity index (χ0v) is 40.4. The summed E-state index contributed by atoms with van der Waals surface area (Å²) in [6.07, 6.45) is -0.127. The Labute approximate surface area is 388 Å². The van der Waals surface area contributed by atoms with Crippen molar-refractivity contribution in [2.75, 3.05) is 5.32 Å². The number of hydrogen-bond acceptors (Lipinski definition) is 10. The summed E-state index contributed by atoms with van der Waals surface area (Å²) in [5, 5.41) is 38.2. The number of rotatable bonds is 14. The number of carboxylic acid groups (broad SMARTS) is 1. The van der Waals surface area contributed by atoms with Crippen molar-refractivity contribution in [2.24, 2.45) is 41.4 Å². The van der Waals surface area contributed by atoms with Gasteiger partial charge < -0.3 is 49.6 Å². The van der Waals surface area contributed by atoms with Crippen LogP contribution in [0.1, 0.15) is 139 Å². The molecule has 1 aromatic rings. The molecule has 1 aromatic carbocycles. The Balaban J connectivity index is 1.27. The van der Waals surface area contributed by atoms with Crippen molar-refractivity contribution >= 4 is 23.5 Å². The number of carboxylic acids is 1. The molecule has 13 nitrogen and oxygen atoms in total. The summed E-state index contributed by atoms with van der Waals surface area (Å²) in [6, 6.07) is 2.79. The van der Waals surface area contributed by atoms with Crippen molar-refractivity contribution in [3.63, 3.8) is 0 Å². The topological polar surface area (TPSA) is 182 Å². The Morgan fingerprint density at radius 2 is 1.58 bits per heavy atom. The molecule has 0 aromatic heterocycles. The predicted molar refractivity (Wildman–Crippen MR) is 240 cm³/mol. The highest BCUT2D eigenvalue weighted by Gasteiger charge is 2.63. The van der Waals surface area contributed by atoms with E-state index in [-0.39, 0.29) is 30.0 Å². The number of benzene rings is 1. The van der Waals surface area contributed by atoms with Crippen LogP contribution in [0.2, 0.25) is 0 Å². The number of hydrogen-bond donors (Lipinski definition) is 5. The third-order valence-corrected chi connectivity index (χ3v) is 16.2. The molecule has 16 heteroatoms. The summed E-state index contributed by atoms with van der Waals surface area (Å²) in [4.78, 5) is 40.4. The second kappa shape index (κ2) is 20.1. The lowest BCUT2D eigenvalue weighted by atomic mass is 9.72. The summed E-state index contributed by atoms with van der Waals surface area (Å²) in [6.45, 7) is 19.0. The number of Topliss-reactive ketones (excluding diaryl/α,β-unsaturated/α-hetero) is 1. The third kappa shape index (κ3) is 10.3. The third-order valence-electron chi connectivity index (χ3n) is 16.2. The molecular weight excluding hydrogens is 862 g/mol. The highest BCUT2D eigenvalue weighted by atomic mass is 19.4. The van der Waals surface area contributed by atoms with Crippen molar-refractivity contribution < 1.29 is 66.6 Å². The Morgan fingerprint density at radius 3 is 2.20 bits per heavy atom. The Morgan fingerprint density at radius 1 is 0.894 bits per heavy atom. The first-order chi connectivity index (χ1) is 30.9. The Hall–Kier alpha value is -3.12. The summed E-state index contributed by atoms with van der Waals surface area (Å²) in [5.41, 5.74) is -3.41. The van der Waals surface area contributed by atoms with Gasteiger partial charge in [-0.2, -0.15) is 13.2 Å². The van der Waals surface area contributed by atoms with Crippen LogP contribution in [0.4, 0.5) is 23.7 Å². The van der Waals surface area contributed by atoms with E-state index in [1.807, 2.05) is 62.3 Å². The van der Waals surface area contributed by atoms with Crippen LogP contribution >= 0.6 is 0 Å². The number of urea groups is 1. The number of halogens is 3. The molecule has 5 aliphatic rings. The lowest BCUT2D eigenvalue weighted by Crippen LogP contribution is -2.66. The molecule has 0 bridgehead atoms. The minimum absolute atomic E-state index is 0.0412. The Bertz CT molecular complexity index is 1920. The lowest BCUT2D eigenvalue weighted by Gasteiger charge is -2.55. The number of para-hydroxylation sites is 1. The molecule has 0 aliphatic carbocycles. The minimum atomic E-state index is -4.72. The number of aliphatic hydroxyl groups is 2. The molecule has 66 heavy (non-hydrogen) atoms. The first-order valence-electron chi connectivity index (χ1n) is 24.4. The first-order valence-corrected chi connectivity index (χ1v) is 24.4. The van der Waals surface area contributed by atoms with E-state index < -0.39 is 119 Å². The second-order valence-corrected chi connectivity index (χ2v) is 20.6. The van der Waals surface area contributed by atoms with Crippen LogP contribution in [0.25, 0.3) is 0 Å². The van der Waals surface area contributed by atoms with Crippen molar-refractivity contribution in [2.45, 2.75) is 205 Å². The summed E-state index contributed by atoms with van der Waals surface area (Å²) in [5.74, 6) is -7.17. The van der Waals surface area contributed by atoms with Crippen LogP contribution in [-0.2, 0) is 39.4 Å². The van der Waals surface area contributed by atoms with E-state index in [0.717, 1.165) is 12.5 Å². The van der Waals surface area contributed by atoms with Gasteiger partial charge in [0.2, 0.25) is 0 Å². The maximum atomic E-state index is 14.7. The quantitative estimate of drug-likeness (QED) is 0.112. The molecule has 4 fully saturated rings. The number of ether oxygens (including phenoxy) is 5. The van der Waals surface area contributed by atoms with Crippen molar-refractivity contribution in [1.29, 1.82) is 0 Å². The lowest BCUT2D eigenvalue weighted by molar-refractivity contribution is -0.397. The molecule has 6 rings (SSSR count). The average Bonchev–Trinajstić information content (AvgIpc) is 3.61. The summed E-state index contributed by atoms with van der Waals surface area (Å²) < 4.78 is 76.1. The molecule has 0 radical (unpaired) electrons. The molecule has 5 heterocycles. The zero-order chi connectivity index (χ0) is 48.7. The van der Waals surface area contributed by atoms with Gasteiger partial charge in [0.1, 0.15) is 11.8 Å². The molecule has 5 N–H and O–H groups in total. The van der Waals surface area contributed by atoms with Gasteiger partial charge in [-0.3, -0.25) is 9.59 Å². The largest absolute Gasteiger partial charge is 0.481 e. The van der Waals surface area contributed by atoms with Crippen LogP contribution in [0.15, 0.2) is 36.4 Å². The van der Waals surface area contributed by atoms with Crippen molar-refractivity contribution in [3.8, 4) is 0 Å². The standard InChI is InChI=1S/C50H75F3N2O11/c1-11-33(44(58)59)37-19-18-27(4)42(63-37)31(8)40(56)30(7)41(57)34(12-2)43-28(5)26-29(6)48(64-43)23-20-38(55-45(60)54-36-17-15-14-16-35(36)50(51,52)53)49(66-48)25-24-46(10,65-49)39-21-22-47(61,13-3)32(9)62-39/h14-17,20,23,27-34,37-40,42-43,56,61H,11-13,18-19,21-22,24-26H2,1-10H3,(H,58,59)(H2,54,55,60)/t27-,28-,29+,30-,31-,32-,33+,34?,37+,38?,39+,40+,42+,43-,46-,47+,48-,49-/m0/s1. The molecule has 372 valence electrons. The maximum absolute atomic E-state index is 14.7. The molecule has 2 spiro atoms. The molecule has 0 saturated carbocycles.